The monoisotopic (exact) mass is 414 g/mol. The van der Waals surface area contributed by atoms with Crippen LogP contribution >= 0.6 is 0 Å². The molecule has 160 valence electrons. The van der Waals surface area contributed by atoms with Crippen LogP contribution in [-0.2, 0) is 11.3 Å². The standard InChI is InChI=1S/C21H26N4O5/c1-20(2)13-8-9-21(20,3)17(11-13)22-23-18(26)5-4-10-24-15-7-6-14(25(28)29)12-16(15)30-19(24)27/h6-7,12-13H,4-5,8-11H2,1-3H3,(H,23,26)/b22-17+/t13-,21-/m1/s1. The van der Waals surface area contributed by atoms with Gasteiger partial charge in [0.05, 0.1) is 16.5 Å². The number of non-ortho nitro benzene ring substituents is 1. The van der Waals surface area contributed by atoms with Crippen LogP contribution in [0.4, 0.5) is 5.69 Å². The molecule has 4 rings (SSSR count). The number of amides is 1. The van der Waals surface area contributed by atoms with Crippen molar-refractivity contribution in [1.29, 1.82) is 0 Å². The van der Waals surface area contributed by atoms with Gasteiger partial charge in [-0.2, -0.15) is 5.10 Å². The molecule has 1 amide bonds. The average molecular weight is 414 g/mol. The van der Waals surface area contributed by atoms with Crippen LogP contribution in [0, 0.1) is 26.9 Å². The summed E-state index contributed by atoms with van der Waals surface area (Å²) >= 11 is 0. The van der Waals surface area contributed by atoms with Gasteiger partial charge in [0.1, 0.15) is 0 Å². The minimum absolute atomic E-state index is 0.0383. The summed E-state index contributed by atoms with van der Waals surface area (Å²) < 4.78 is 6.49. The second-order valence-corrected chi connectivity index (χ2v) is 9.12. The highest BCUT2D eigenvalue weighted by atomic mass is 16.6. The van der Waals surface area contributed by atoms with Crippen LogP contribution in [0.5, 0.6) is 0 Å². The Morgan fingerprint density at radius 2 is 2.17 bits per heavy atom. The zero-order valence-corrected chi connectivity index (χ0v) is 17.4. The minimum Gasteiger partial charge on any atom is -0.407 e. The lowest BCUT2D eigenvalue weighted by Crippen LogP contribution is -2.34. The van der Waals surface area contributed by atoms with Crippen molar-refractivity contribution in [1.82, 2.24) is 9.99 Å². The number of nitrogens with zero attached hydrogens (tertiary/aromatic N) is 3. The van der Waals surface area contributed by atoms with Crippen LogP contribution < -0.4 is 11.2 Å². The molecule has 9 heteroatoms. The third-order valence-electron chi connectivity index (χ3n) is 7.48. The lowest BCUT2D eigenvalue weighted by molar-refractivity contribution is -0.384. The second-order valence-electron chi connectivity index (χ2n) is 9.12. The third kappa shape index (κ3) is 3.12. The largest absolute Gasteiger partial charge is 0.419 e. The Labute approximate surface area is 173 Å². The Hall–Kier alpha value is -2.97. The average Bonchev–Trinajstić information content (AvgIpc) is 3.19. The van der Waals surface area contributed by atoms with Gasteiger partial charge in [-0.15, -0.1) is 0 Å². The molecule has 2 atom stereocenters. The number of aromatic nitrogens is 1. The van der Waals surface area contributed by atoms with E-state index >= 15 is 0 Å². The van der Waals surface area contributed by atoms with Crippen molar-refractivity contribution in [3.8, 4) is 0 Å². The molecule has 0 aliphatic heterocycles. The summed E-state index contributed by atoms with van der Waals surface area (Å²) in [6.45, 7) is 7.10. The number of hydrogen-bond acceptors (Lipinski definition) is 6. The Bertz CT molecular complexity index is 1110. The molecule has 0 spiro atoms. The van der Waals surface area contributed by atoms with Crippen LogP contribution in [0.15, 0.2) is 32.5 Å². The van der Waals surface area contributed by atoms with Crippen LogP contribution in [0.1, 0.15) is 52.9 Å². The smallest absolute Gasteiger partial charge is 0.407 e. The van der Waals surface area contributed by atoms with Crippen molar-refractivity contribution < 1.29 is 14.1 Å². The number of nitro benzene ring substituents is 1. The fourth-order valence-corrected chi connectivity index (χ4v) is 5.06. The van der Waals surface area contributed by atoms with Gasteiger partial charge in [-0.1, -0.05) is 20.8 Å². The Morgan fingerprint density at radius 1 is 1.40 bits per heavy atom. The molecule has 1 aromatic carbocycles. The van der Waals surface area contributed by atoms with Gasteiger partial charge in [0.25, 0.3) is 5.69 Å². The highest BCUT2D eigenvalue weighted by Crippen LogP contribution is 2.63. The van der Waals surface area contributed by atoms with Crippen molar-refractivity contribution in [3.63, 3.8) is 0 Å². The zero-order chi connectivity index (χ0) is 21.7. The van der Waals surface area contributed by atoms with Gasteiger partial charge in [-0.3, -0.25) is 19.5 Å². The van der Waals surface area contributed by atoms with E-state index in [1.165, 1.54) is 29.2 Å². The molecule has 2 bridgehead atoms. The fraction of sp³-hybridized carbons (Fsp3) is 0.571. The highest BCUT2D eigenvalue weighted by Gasteiger charge is 2.60. The quantitative estimate of drug-likeness (QED) is 0.572. The van der Waals surface area contributed by atoms with E-state index in [0.29, 0.717) is 17.9 Å². The highest BCUT2D eigenvalue weighted by molar-refractivity contribution is 5.95. The molecule has 1 heterocycles. The van der Waals surface area contributed by atoms with Crippen molar-refractivity contribution in [2.75, 3.05) is 0 Å². The Morgan fingerprint density at radius 3 is 2.80 bits per heavy atom. The number of nitrogens with one attached hydrogen (secondary N) is 1. The van der Waals surface area contributed by atoms with E-state index in [0.717, 1.165) is 18.6 Å². The molecule has 0 radical (unpaired) electrons. The number of nitro groups is 1. The van der Waals surface area contributed by atoms with E-state index in [1.54, 1.807) is 0 Å². The first-order chi connectivity index (χ1) is 14.1. The van der Waals surface area contributed by atoms with Gasteiger partial charge in [-0.25, -0.2) is 10.2 Å². The topological polar surface area (TPSA) is 120 Å². The maximum Gasteiger partial charge on any atom is 0.419 e. The first kappa shape index (κ1) is 20.3. The number of fused-ring (bicyclic) bond motifs is 3. The molecule has 30 heavy (non-hydrogen) atoms. The van der Waals surface area contributed by atoms with Crippen molar-refractivity contribution in [3.05, 3.63) is 38.9 Å². The van der Waals surface area contributed by atoms with Gasteiger partial charge >= 0.3 is 5.76 Å². The number of carbonyl (C=O) groups excluding carboxylic acids is 1. The SMILES string of the molecule is CC1(C)[C@@H]2CC[C@]1(C)/C(=N/NC(=O)CCCn1c(=O)oc3cc([N+](=O)[O-])ccc31)C2. The zero-order valence-electron chi connectivity index (χ0n) is 17.4. The summed E-state index contributed by atoms with van der Waals surface area (Å²) in [7, 11) is 0. The van der Waals surface area contributed by atoms with Crippen LogP contribution in [0.25, 0.3) is 11.1 Å². The molecular weight excluding hydrogens is 388 g/mol. The number of hydrazone groups is 1. The number of aryl methyl sites for hydroxylation is 1. The fourth-order valence-electron chi connectivity index (χ4n) is 5.06. The Kier molecular flexibility index (Phi) is 4.79. The summed E-state index contributed by atoms with van der Waals surface area (Å²) in [5.41, 5.74) is 4.51. The first-order valence-corrected chi connectivity index (χ1v) is 10.3. The molecule has 2 saturated carbocycles. The summed E-state index contributed by atoms with van der Waals surface area (Å²) in [5, 5.41) is 15.3. The molecule has 1 aromatic heterocycles. The van der Waals surface area contributed by atoms with Gasteiger partial charge in [0.2, 0.25) is 5.91 Å². The summed E-state index contributed by atoms with van der Waals surface area (Å²) in [6, 6.07) is 4.05. The maximum absolute atomic E-state index is 12.3. The minimum atomic E-state index is -0.594. The lowest BCUT2D eigenvalue weighted by Gasteiger charge is -2.34. The summed E-state index contributed by atoms with van der Waals surface area (Å²) in [4.78, 5) is 34.7. The van der Waals surface area contributed by atoms with Crippen LogP contribution in [0.3, 0.4) is 0 Å². The van der Waals surface area contributed by atoms with Gasteiger partial charge in [-0.05, 0) is 43.1 Å². The number of oxazole rings is 1. The van der Waals surface area contributed by atoms with E-state index in [4.69, 9.17) is 4.42 Å². The van der Waals surface area contributed by atoms with E-state index < -0.39 is 10.7 Å². The molecule has 2 aliphatic carbocycles. The normalized spacial score (nSPS) is 25.8. The van der Waals surface area contributed by atoms with Crippen molar-refractivity contribution in [2.45, 2.75) is 59.4 Å². The molecule has 2 aromatic rings. The molecule has 9 nitrogen and oxygen atoms in total. The number of hydrogen-bond donors (Lipinski definition) is 1. The van der Waals surface area contributed by atoms with Gasteiger partial charge < -0.3 is 4.42 Å². The van der Waals surface area contributed by atoms with Gasteiger partial charge in [0.15, 0.2) is 5.58 Å². The Balaban J connectivity index is 1.36. The molecule has 0 unspecified atom stereocenters. The van der Waals surface area contributed by atoms with E-state index in [9.17, 15) is 19.7 Å². The predicted molar refractivity (Wildman–Crippen MR) is 111 cm³/mol. The molecule has 1 N–H and O–H groups in total. The predicted octanol–water partition coefficient (Wildman–Crippen LogP) is 3.60. The van der Waals surface area contributed by atoms with Crippen LogP contribution in [-0.4, -0.2) is 21.1 Å². The van der Waals surface area contributed by atoms with Crippen LogP contribution in [0.2, 0.25) is 0 Å². The molecule has 2 fully saturated rings. The second kappa shape index (κ2) is 7.07. The third-order valence-corrected chi connectivity index (χ3v) is 7.48. The maximum atomic E-state index is 12.3. The number of carbonyl (C=O) groups is 1. The molecule has 0 saturated heterocycles. The van der Waals surface area contributed by atoms with E-state index in [2.05, 4.69) is 31.3 Å². The number of rotatable bonds is 6. The van der Waals surface area contributed by atoms with Gasteiger partial charge in [0, 0.05) is 30.2 Å². The van der Waals surface area contributed by atoms with E-state index in [-0.39, 0.29) is 41.0 Å². The summed E-state index contributed by atoms with van der Waals surface area (Å²) in [6.07, 6.45) is 3.90. The lowest BCUT2D eigenvalue weighted by atomic mass is 9.70. The number of benzene rings is 1. The summed E-state index contributed by atoms with van der Waals surface area (Å²) in [5.74, 6) is -0.165. The molecule has 2 aliphatic rings. The molecular formula is C21H26N4O5. The first-order valence-electron chi connectivity index (χ1n) is 10.3. The van der Waals surface area contributed by atoms with E-state index in [1.807, 2.05) is 0 Å². The van der Waals surface area contributed by atoms with Crippen molar-refractivity contribution in [2.24, 2.45) is 21.8 Å². The van der Waals surface area contributed by atoms with Crippen molar-refractivity contribution >= 4 is 28.4 Å².